The molecule has 0 radical (unpaired) electrons. The number of carbonyl (C=O) groups is 1. The SMILES string of the molecule is CC(C)CCCC(C)C1CCC2C3CC=C4CC(OC(=O)Oc5ccc([N+](=O)[O-])cc5)CCC4(C)C3CCC12C. The molecule has 0 heterocycles. The van der Waals surface area contributed by atoms with Gasteiger partial charge in [0.1, 0.15) is 11.9 Å². The van der Waals surface area contributed by atoms with Crippen molar-refractivity contribution < 1.29 is 19.2 Å². The quantitative estimate of drug-likeness (QED) is 0.106. The lowest BCUT2D eigenvalue weighted by atomic mass is 9.47. The van der Waals surface area contributed by atoms with Crippen LogP contribution in [-0.4, -0.2) is 17.2 Å². The van der Waals surface area contributed by atoms with Crippen LogP contribution in [0.15, 0.2) is 35.9 Å². The topological polar surface area (TPSA) is 78.7 Å². The third-order valence-corrected chi connectivity index (χ3v) is 11.8. The summed E-state index contributed by atoms with van der Waals surface area (Å²) in [5.74, 6) is 5.11. The van der Waals surface area contributed by atoms with Gasteiger partial charge in [-0.25, -0.2) is 4.79 Å². The monoisotopic (exact) mass is 551 g/mol. The summed E-state index contributed by atoms with van der Waals surface area (Å²) >= 11 is 0. The van der Waals surface area contributed by atoms with Crippen LogP contribution in [0, 0.1) is 56.5 Å². The first-order valence-electron chi connectivity index (χ1n) is 15.8. The first kappa shape index (κ1) is 29.1. The van der Waals surface area contributed by atoms with Gasteiger partial charge in [-0.2, -0.15) is 0 Å². The number of ether oxygens (including phenoxy) is 2. The summed E-state index contributed by atoms with van der Waals surface area (Å²) in [5, 5.41) is 10.9. The lowest BCUT2D eigenvalue weighted by Gasteiger charge is -2.58. The molecule has 1 aromatic carbocycles. The number of hydrogen-bond donors (Lipinski definition) is 0. The predicted octanol–water partition coefficient (Wildman–Crippen LogP) is 9.52. The van der Waals surface area contributed by atoms with E-state index in [1.807, 2.05) is 0 Å². The standard InChI is InChI=1S/C34H49NO5/c1-22(2)7-6-8-23(3)29-15-16-30-28-14-9-24-21-27(17-19-33(24,4)31(28)18-20-34(29,30)5)40-32(36)39-26-12-10-25(11-13-26)35(37)38/h9-13,22-23,27-31H,6-8,14-21H2,1-5H3. The number of allylic oxidation sites excluding steroid dienone is 1. The van der Waals surface area contributed by atoms with Gasteiger partial charge in [0.05, 0.1) is 4.92 Å². The summed E-state index contributed by atoms with van der Waals surface area (Å²) in [6.07, 6.45) is 15.1. The van der Waals surface area contributed by atoms with Crippen LogP contribution in [-0.2, 0) is 4.74 Å². The number of nitro benzene ring substituents is 1. The van der Waals surface area contributed by atoms with Crippen molar-refractivity contribution in [2.45, 2.75) is 111 Å². The minimum atomic E-state index is -0.732. The van der Waals surface area contributed by atoms with Gasteiger partial charge in [0, 0.05) is 18.6 Å². The molecule has 3 fully saturated rings. The van der Waals surface area contributed by atoms with Crippen LogP contribution in [0.1, 0.15) is 105 Å². The van der Waals surface area contributed by atoms with Crippen molar-refractivity contribution >= 4 is 11.8 Å². The van der Waals surface area contributed by atoms with Gasteiger partial charge in [0.2, 0.25) is 0 Å². The van der Waals surface area contributed by atoms with Gasteiger partial charge >= 0.3 is 6.16 Å². The average molecular weight is 552 g/mol. The highest BCUT2D eigenvalue weighted by Crippen LogP contribution is 2.67. The number of nitro groups is 1. The Bertz CT molecular complexity index is 1110. The van der Waals surface area contributed by atoms with Crippen molar-refractivity contribution in [3.8, 4) is 5.75 Å². The molecule has 0 aliphatic heterocycles. The second-order valence-corrected chi connectivity index (χ2v) is 14.4. The van der Waals surface area contributed by atoms with E-state index in [1.54, 1.807) is 0 Å². The van der Waals surface area contributed by atoms with Gasteiger partial charge in [-0.1, -0.05) is 65.5 Å². The van der Waals surface area contributed by atoms with Gasteiger partial charge in [0.25, 0.3) is 5.69 Å². The molecule has 220 valence electrons. The van der Waals surface area contributed by atoms with E-state index in [4.69, 9.17) is 9.47 Å². The molecule has 0 bridgehead atoms. The number of rotatable bonds is 8. The first-order chi connectivity index (χ1) is 19.0. The highest BCUT2D eigenvalue weighted by atomic mass is 16.7. The molecule has 0 amide bonds. The van der Waals surface area contributed by atoms with Crippen LogP contribution in [0.5, 0.6) is 5.75 Å². The largest absolute Gasteiger partial charge is 0.514 e. The Hall–Kier alpha value is -2.37. The molecule has 0 N–H and O–H groups in total. The molecule has 8 atom stereocenters. The van der Waals surface area contributed by atoms with Crippen LogP contribution in [0.25, 0.3) is 0 Å². The van der Waals surface area contributed by atoms with E-state index in [9.17, 15) is 14.9 Å². The maximum Gasteiger partial charge on any atom is 0.514 e. The lowest BCUT2D eigenvalue weighted by Crippen LogP contribution is -2.51. The fourth-order valence-electron chi connectivity index (χ4n) is 9.64. The third-order valence-electron chi connectivity index (χ3n) is 11.8. The molecule has 5 rings (SSSR count). The van der Waals surface area contributed by atoms with E-state index in [0.29, 0.717) is 5.41 Å². The summed E-state index contributed by atoms with van der Waals surface area (Å²) in [6, 6.07) is 5.51. The van der Waals surface area contributed by atoms with Gasteiger partial charge in [0.15, 0.2) is 0 Å². The number of fused-ring (bicyclic) bond motifs is 5. The van der Waals surface area contributed by atoms with Crippen LogP contribution in [0.2, 0.25) is 0 Å². The second kappa shape index (κ2) is 11.5. The van der Waals surface area contributed by atoms with Crippen LogP contribution in [0.4, 0.5) is 10.5 Å². The number of carbonyl (C=O) groups excluding carboxylic acids is 1. The molecular weight excluding hydrogens is 502 g/mol. The third kappa shape index (κ3) is 5.56. The first-order valence-corrected chi connectivity index (χ1v) is 15.8. The predicted molar refractivity (Wildman–Crippen MR) is 157 cm³/mol. The minimum Gasteiger partial charge on any atom is -0.430 e. The molecule has 4 aliphatic rings. The molecule has 4 aliphatic carbocycles. The highest BCUT2D eigenvalue weighted by Gasteiger charge is 2.59. The Morgan fingerprint density at radius 2 is 1.77 bits per heavy atom. The van der Waals surface area contributed by atoms with Crippen molar-refractivity contribution in [2.75, 3.05) is 0 Å². The molecule has 1 aromatic rings. The van der Waals surface area contributed by atoms with E-state index in [2.05, 4.69) is 40.7 Å². The van der Waals surface area contributed by atoms with Crippen LogP contribution < -0.4 is 4.74 Å². The van der Waals surface area contributed by atoms with Gasteiger partial charge in [-0.05, 0) is 103 Å². The summed E-state index contributed by atoms with van der Waals surface area (Å²) in [5.41, 5.74) is 2.13. The Balaban J connectivity index is 1.20. The number of hydrogen-bond acceptors (Lipinski definition) is 5. The summed E-state index contributed by atoms with van der Waals surface area (Å²) in [4.78, 5) is 22.9. The normalized spacial score (nSPS) is 35.6. The molecule has 0 aromatic heterocycles. The zero-order chi connectivity index (χ0) is 28.7. The molecular formula is C34H49NO5. The summed E-state index contributed by atoms with van der Waals surface area (Å²) < 4.78 is 11.1. The van der Waals surface area contributed by atoms with Crippen LogP contribution in [0.3, 0.4) is 0 Å². The molecule has 0 saturated heterocycles. The Morgan fingerprint density at radius 3 is 2.48 bits per heavy atom. The number of non-ortho nitro benzene ring substituents is 1. The van der Waals surface area contributed by atoms with Crippen molar-refractivity contribution in [3.05, 3.63) is 46.0 Å². The zero-order valence-electron chi connectivity index (χ0n) is 25.2. The van der Waals surface area contributed by atoms with Gasteiger partial charge < -0.3 is 9.47 Å². The number of benzene rings is 1. The second-order valence-electron chi connectivity index (χ2n) is 14.4. The van der Waals surface area contributed by atoms with E-state index in [0.717, 1.165) is 54.8 Å². The molecule has 40 heavy (non-hydrogen) atoms. The summed E-state index contributed by atoms with van der Waals surface area (Å²) in [6.45, 7) is 12.4. The molecule has 3 saturated carbocycles. The highest BCUT2D eigenvalue weighted by molar-refractivity contribution is 5.64. The van der Waals surface area contributed by atoms with E-state index in [-0.39, 0.29) is 23.0 Å². The lowest BCUT2D eigenvalue weighted by molar-refractivity contribution is -0.384. The molecule has 0 spiro atoms. The Morgan fingerprint density at radius 1 is 1.02 bits per heavy atom. The van der Waals surface area contributed by atoms with Crippen molar-refractivity contribution in [1.29, 1.82) is 0 Å². The smallest absolute Gasteiger partial charge is 0.430 e. The van der Waals surface area contributed by atoms with E-state index in [1.165, 1.54) is 81.2 Å². The fraction of sp³-hybridized carbons (Fsp3) is 0.735. The van der Waals surface area contributed by atoms with Crippen molar-refractivity contribution in [2.24, 2.45) is 46.3 Å². The van der Waals surface area contributed by atoms with E-state index >= 15 is 0 Å². The number of nitrogens with zero attached hydrogens (tertiary/aromatic N) is 1. The van der Waals surface area contributed by atoms with Crippen LogP contribution >= 0.6 is 0 Å². The van der Waals surface area contributed by atoms with Crippen molar-refractivity contribution in [3.63, 3.8) is 0 Å². The summed E-state index contributed by atoms with van der Waals surface area (Å²) in [7, 11) is 0. The maximum absolute atomic E-state index is 12.5. The fourth-order valence-corrected chi connectivity index (χ4v) is 9.64. The van der Waals surface area contributed by atoms with Gasteiger partial charge in [-0.3, -0.25) is 10.1 Å². The molecule has 6 heteroatoms. The molecule has 6 nitrogen and oxygen atoms in total. The van der Waals surface area contributed by atoms with Crippen molar-refractivity contribution in [1.82, 2.24) is 0 Å². The van der Waals surface area contributed by atoms with Gasteiger partial charge in [-0.15, -0.1) is 0 Å². The Kier molecular flexibility index (Phi) is 8.37. The maximum atomic E-state index is 12.5. The average Bonchev–Trinajstić information content (AvgIpc) is 3.26. The Labute approximate surface area is 240 Å². The zero-order valence-corrected chi connectivity index (χ0v) is 25.2. The van der Waals surface area contributed by atoms with E-state index < -0.39 is 11.1 Å². The minimum absolute atomic E-state index is 0.0397. The molecule has 8 unspecified atom stereocenters.